The molecule has 7 heteroatoms. The smallest absolute Gasteiger partial charge is 0.338 e. The fraction of sp³-hybridized carbons (Fsp3) is 0.190. The van der Waals surface area contributed by atoms with Gasteiger partial charge in [0.15, 0.2) is 5.13 Å². The quantitative estimate of drug-likeness (QED) is 0.555. The molecule has 3 aromatic rings. The van der Waals surface area contributed by atoms with Gasteiger partial charge in [-0.2, -0.15) is 0 Å². The number of hydrogen-bond donors (Lipinski definition) is 0. The summed E-state index contributed by atoms with van der Waals surface area (Å²) in [6.45, 7) is 3.47. The van der Waals surface area contributed by atoms with E-state index in [0.717, 1.165) is 18.2 Å². The predicted octanol–water partition coefficient (Wildman–Crippen LogP) is 4.89. The first-order chi connectivity index (χ1) is 13.5. The van der Waals surface area contributed by atoms with Crippen LogP contribution in [0.15, 0.2) is 53.9 Å². The van der Waals surface area contributed by atoms with Crippen LogP contribution in [0.3, 0.4) is 0 Å². The summed E-state index contributed by atoms with van der Waals surface area (Å²) < 4.78 is 18.4. The Kier molecular flexibility index (Phi) is 6.16. The lowest BCUT2D eigenvalue weighted by Crippen LogP contribution is -2.22. The van der Waals surface area contributed by atoms with Crippen LogP contribution in [0, 0.1) is 5.82 Å². The van der Waals surface area contributed by atoms with E-state index in [-0.39, 0.29) is 18.1 Å². The number of nitrogens with zero attached hydrogens (tertiary/aromatic N) is 2. The van der Waals surface area contributed by atoms with Gasteiger partial charge in [-0.15, -0.1) is 11.3 Å². The number of aromatic nitrogens is 1. The predicted molar refractivity (Wildman–Crippen MR) is 106 cm³/mol. The average Bonchev–Trinajstić information content (AvgIpc) is 3.15. The van der Waals surface area contributed by atoms with Crippen molar-refractivity contribution in [3.05, 3.63) is 76.5 Å². The highest BCUT2D eigenvalue weighted by Crippen LogP contribution is 2.29. The van der Waals surface area contributed by atoms with Gasteiger partial charge in [0.1, 0.15) is 12.4 Å². The Morgan fingerprint density at radius 1 is 1.18 bits per heavy atom. The van der Waals surface area contributed by atoms with Crippen molar-refractivity contribution in [2.75, 3.05) is 4.90 Å². The molecule has 0 atom stereocenters. The Morgan fingerprint density at radius 3 is 2.57 bits per heavy atom. The molecule has 0 aliphatic carbocycles. The van der Waals surface area contributed by atoms with Crippen LogP contribution in [0.25, 0.3) is 0 Å². The van der Waals surface area contributed by atoms with Crippen molar-refractivity contribution >= 4 is 34.0 Å². The summed E-state index contributed by atoms with van der Waals surface area (Å²) in [7, 11) is 0. The molecule has 0 radical (unpaired) electrons. The van der Waals surface area contributed by atoms with Crippen molar-refractivity contribution in [2.45, 2.75) is 26.9 Å². The molecule has 0 unspecified atom stereocenters. The maximum atomic E-state index is 13.2. The molecule has 0 saturated heterocycles. The second kappa shape index (κ2) is 8.75. The maximum Gasteiger partial charge on any atom is 0.338 e. The fourth-order valence-corrected chi connectivity index (χ4v) is 3.48. The summed E-state index contributed by atoms with van der Waals surface area (Å²) in [4.78, 5) is 30.1. The monoisotopic (exact) mass is 398 g/mol. The highest BCUT2D eigenvalue weighted by atomic mass is 32.1. The minimum atomic E-state index is -0.632. The number of benzene rings is 2. The number of amides is 1. The third-order valence-corrected chi connectivity index (χ3v) is 4.93. The van der Waals surface area contributed by atoms with E-state index in [1.165, 1.54) is 46.9 Å². The van der Waals surface area contributed by atoms with Crippen LogP contribution in [0.5, 0.6) is 0 Å². The van der Waals surface area contributed by atoms with E-state index in [1.807, 2.05) is 24.3 Å². The lowest BCUT2D eigenvalue weighted by atomic mass is 10.1. The van der Waals surface area contributed by atoms with Crippen LogP contribution in [-0.2, 0) is 22.6 Å². The third-order valence-electron chi connectivity index (χ3n) is 4.06. The number of ether oxygens (including phenoxy) is 1. The third kappa shape index (κ3) is 4.61. The highest BCUT2D eigenvalue weighted by molar-refractivity contribution is 7.14. The van der Waals surface area contributed by atoms with Crippen LogP contribution in [-0.4, -0.2) is 16.9 Å². The zero-order valence-corrected chi connectivity index (χ0v) is 16.3. The van der Waals surface area contributed by atoms with Crippen LogP contribution < -0.4 is 4.90 Å². The van der Waals surface area contributed by atoms with Gasteiger partial charge in [0.25, 0.3) is 0 Å². The minimum Gasteiger partial charge on any atom is -0.456 e. The van der Waals surface area contributed by atoms with Gasteiger partial charge >= 0.3 is 5.97 Å². The first-order valence-electron chi connectivity index (χ1n) is 8.74. The van der Waals surface area contributed by atoms with Crippen LogP contribution in [0.1, 0.15) is 35.5 Å². The molecule has 1 heterocycles. The van der Waals surface area contributed by atoms with Gasteiger partial charge in [-0.1, -0.05) is 25.1 Å². The van der Waals surface area contributed by atoms with Gasteiger partial charge in [-0.25, -0.2) is 14.2 Å². The number of rotatable bonds is 6. The number of halogens is 1. The molecule has 0 fully saturated rings. The van der Waals surface area contributed by atoms with Gasteiger partial charge in [-0.3, -0.25) is 9.69 Å². The van der Waals surface area contributed by atoms with Gasteiger partial charge in [-0.05, 0) is 42.3 Å². The summed E-state index contributed by atoms with van der Waals surface area (Å²) in [5.74, 6) is -1.30. The first kappa shape index (κ1) is 19.7. The van der Waals surface area contributed by atoms with Gasteiger partial charge in [0, 0.05) is 12.3 Å². The lowest BCUT2D eigenvalue weighted by Gasteiger charge is -2.18. The molecule has 0 N–H and O–H groups in total. The topological polar surface area (TPSA) is 59.5 Å². The molecule has 2 aromatic carbocycles. The van der Waals surface area contributed by atoms with Crippen LogP contribution in [0.4, 0.5) is 15.2 Å². The Hall–Kier alpha value is -3.06. The Balaban J connectivity index is 1.72. The molecular formula is C21H19FN2O3S. The standard InChI is InChI=1S/C21H19FN2O3S/c1-3-15-7-9-19(10-8-15)24(14(2)25)21-23-18(13-28-21)12-27-20(26)16-5-4-6-17(22)11-16/h4-11,13H,3,12H2,1-2H3. The molecule has 1 amide bonds. The molecular weight excluding hydrogens is 379 g/mol. The van der Waals surface area contributed by atoms with E-state index in [2.05, 4.69) is 11.9 Å². The molecule has 0 aliphatic heterocycles. The van der Waals surface area contributed by atoms with Crippen LogP contribution in [0.2, 0.25) is 0 Å². The van der Waals surface area contributed by atoms with Gasteiger partial charge in [0.2, 0.25) is 5.91 Å². The van der Waals surface area contributed by atoms with Crippen molar-refractivity contribution in [2.24, 2.45) is 0 Å². The van der Waals surface area contributed by atoms with E-state index >= 15 is 0 Å². The van der Waals surface area contributed by atoms with Crippen molar-refractivity contribution in [3.8, 4) is 0 Å². The zero-order chi connectivity index (χ0) is 20.1. The van der Waals surface area contributed by atoms with Crippen molar-refractivity contribution in [3.63, 3.8) is 0 Å². The Morgan fingerprint density at radius 2 is 1.93 bits per heavy atom. The molecule has 0 aliphatic rings. The molecule has 144 valence electrons. The number of carbonyl (C=O) groups excluding carboxylic acids is 2. The van der Waals surface area contributed by atoms with E-state index in [1.54, 1.807) is 5.38 Å². The average molecular weight is 398 g/mol. The van der Waals surface area contributed by atoms with Crippen molar-refractivity contribution < 1.29 is 18.7 Å². The molecule has 0 saturated carbocycles. The summed E-state index contributed by atoms with van der Waals surface area (Å²) in [6, 6.07) is 13.0. The fourth-order valence-electron chi connectivity index (χ4n) is 2.61. The minimum absolute atomic E-state index is 0.0631. The molecule has 0 bridgehead atoms. The number of carbonyl (C=O) groups is 2. The number of hydrogen-bond acceptors (Lipinski definition) is 5. The van der Waals surface area contributed by atoms with E-state index in [4.69, 9.17) is 4.74 Å². The van der Waals surface area contributed by atoms with E-state index < -0.39 is 11.8 Å². The molecule has 0 spiro atoms. The number of thiazole rings is 1. The molecule has 1 aromatic heterocycles. The molecule has 28 heavy (non-hydrogen) atoms. The summed E-state index contributed by atoms with van der Waals surface area (Å²) >= 11 is 1.28. The highest BCUT2D eigenvalue weighted by Gasteiger charge is 2.18. The van der Waals surface area contributed by atoms with Gasteiger partial charge in [0.05, 0.1) is 16.9 Å². The molecule has 5 nitrogen and oxygen atoms in total. The molecule has 3 rings (SSSR count). The number of aryl methyl sites for hydroxylation is 1. The lowest BCUT2D eigenvalue weighted by molar-refractivity contribution is -0.115. The maximum absolute atomic E-state index is 13.2. The Bertz CT molecular complexity index is 985. The van der Waals surface area contributed by atoms with E-state index in [9.17, 15) is 14.0 Å². The zero-order valence-electron chi connectivity index (χ0n) is 15.5. The summed E-state index contributed by atoms with van der Waals surface area (Å²) in [5, 5.41) is 2.22. The first-order valence-corrected chi connectivity index (χ1v) is 9.62. The summed E-state index contributed by atoms with van der Waals surface area (Å²) in [5.41, 5.74) is 2.55. The number of anilines is 2. The summed E-state index contributed by atoms with van der Waals surface area (Å²) in [6.07, 6.45) is 0.915. The number of esters is 1. The second-order valence-corrected chi connectivity index (χ2v) is 6.92. The normalized spacial score (nSPS) is 10.5. The largest absolute Gasteiger partial charge is 0.456 e. The Labute approximate surface area is 166 Å². The van der Waals surface area contributed by atoms with Crippen molar-refractivity contribution in [1.82, 2.24) is 4.98 Å². The van der Waals surface area contributed by atoms with Crippen LogP contribution >= 0.6 is 11.3 Å². The SMILES string of the molecule is CCc1ccc(N(C(C)=O)c2nc(COC(=O)c3cccc(F)c3)cs2)cc1. The van der Waals surface area contributed by atoms with Gasteiger partial charge < -0.3 is 4.74 Å². The second-order valence-electron chi connectivity index (χ2n) is 6.08. The van der Waals surface area contributed by atoms with E-state index in [0.29, 0.717) is 10.8 Å². The van der Waals surface area contributed by atoms with Crippen molar-refractivity contribution in [1.29, 1.82) is 0 Å².